The molecule has 0 saturated carbocycles. The molecule has 0 radical (unpaired) electrons. The fraction of sp³-hybridized carbons (Fsp3) is 0.154. The number of ether oxygens (including phenoxy) is 1. The average Bonchev–Trinajstić information content (AvgIpc) is 3.25. The van der Waals surface area contributed by atoms with Crippen molar-refractivity contribution in [1.82, 2.24) is 4.98 Å². The first-order chi connectivity index (χ1) is 15.7. The number of carboxylic acids is 1. The molecular formula is C26H20NNaO3S2. The maximum Gasteiger partial charge on any atom is 1.00 e. The van der Waals surface area contributed by atoms with Crippen molar-refractivity contribution in [2.45, 2.75) is 22.4 Å². The molecule has 0 atom stereocenters. The van der Waals surface area contributed by atoms with Gasteiger partial charge >= 0.3 is 29.6 Å². The first-order valence-electron chi connectivity index (χ1n) is 10.4. The third kappa shape index (κ3) is 5.36. The molecule has 0 saturated heterocycles. The van der Waals surface area contributed by atoms with E-state index in [1.165, 1.54) is 16.0 Å². The minimum Gasteiger partial charge on any atom is -0.546 e. The van der Waals surface area contributed by atoms with Crippen LogP contribution in [0.3, 0.4) is 0 Å². The Morgan fingerprint density at radius 2 is 1.64 bits per heavy atom. The summed E-state index contributed by atoms with van der Waals surface area (Å²) in [6.45, 7) is -0.447. The quantitative estimate of drug-likeness (QED) is 0.298. The number of thioether (sulfide) groups is 1. The van der Waals surface area contributed by atoms with Gasteiger partial charge in [0.2, 0.25) is 0 Å². The van der Waals surface area contributed by atoms with E-state index in [1.54, 1.807) is 23.1 Å². The number of hydrogen-bond donors (Lipinski definition) is 0. The Kier molecular flexibility index (Phi) is 7.94. The number of hydrogen-bond acceptors (Lipinski definition) is 6. The summed E-state index contributed by atoms with van der Waals surface area (Å²) in [6, 6.07) is 26.8. The molecule has 0 amide bonds. The molecule has 7 heteroatoms. The van der Waals surface area contributed by atoms with Crippen molar-refractivity contribution >= 4 is 29.1 Å². The standard InChI is InChI=1S/C26H21NO3S2.Na/c28-23(29)16-30-21-13-7-12-20-19(21)14-15-22-24(20)27-26(31-22)32-25(17-8-3-1-4-9-17)18-10-5-2-6-11-18;/h1-13,25H,14-16H2,(H,28,29);/q;+1/p-1. The first kappa shape index (κ1) is 24.0. The van der Waals surface area contributed by atoms with Crippen molar-refractivity contribution in [2.75, 3.05) is 6.61 Å². The van der Waals surface area contributed by atoms with Gasteiger partial charge in [-0.2, -0.15) is 0 Å². The topological polar surface area (TPSA) is 62.2 Å². The molecule has 0 spiro atoms. The van der Waals surface area contributed by atoms with Gasteiger partial charge in [0.15, 0.2) is 4.34 Å². The fourth-order valence-corrected chi connectivity index (χ4v) is 6.52. The number of carbonyl (C=O) groups is 1. The Bertz CT molecular complexity index is 1210. The molecule has 0 aliphatic heterocycles. The third-order valence-corrected chi connectivity index (χ3v) is 7.96. The van der Waals surface area contributed by atoms with Crippen molar-refractivity contribution in [3.8, 4) is 17.0 Å². The van der Waals surface area contributed by atoms with Gasteiger partial charge in [-0.25, -0.2) is 4.98 Å². The molecule has 5 rings (SSSR count). The predicted molar refractivity (Wildman–Crippen MR) is 126 cm³/mol. The van der Waals surface area contributed by atoms with Crippen molar-refractivity contribution in [3.63, 3.8) is 0 Å². The SMILES string of the molecule is O=C([O-])COc1cccc2c1CCc1sc(SC(c3ccccc3)c3ccccc3)nc1-2.[Na+]. The molecule has 0 fully saturated rings. The number of aromatic nitrogens is 1. The minimum absolute atomic E-state index is 0. The second-order valence-corrected chi connectivity index (χ2v) is 9.95. The number of rotatable bonds is 7. The van der Waals surface area contributed by atoms with E-state index < -0.39 is 12.6 Å². The number of aliphatic carboxylic acids is 1. The van der Waals surface area contributed by atoms with Crippen LogP contribution < -0.4 is 39.4 Å². The van der Waals surface area contributed by atoms with Crippen LogP contribution in [0.4, 0.5) is 0 Å². The molecular weight excluding hydrogens is 461 g/mol. The van der Waals surface area contributed by atoms with Gasteiger partial charge in [0.25, 0.3) is 0 Å². The Labute approximate surface area is 223 Å². The van der Waals surface area contributed by atoms with Crippen LogP contribution in [0.5, 0.6) is 5.75 Å². The van der Waals surface area contributed by atoms with Crippen LogP contribution in [0.1, 0.15) is 26.8 Å². The third-order valence-electron chi connectivity index (χ3n) is 5.44. The first-order valence-corrected chi connectivity index (χ1v) is 12.1. The Morgan fingerprint density at radius 3 is 2.27 bits per heavy atom. The van der Waals surface area contributed by atoms with E-state index in [1.807, 2.05) is 30.3 Å². The van der Waals surface area contributed by atoms with E-state index >= 15 is 0 Å². The van der Waals surface area contributed by atoms with E-state index in [9.17, 15) is 9.90 Å². The van der Waals surface area contributed by atoms with E-state index in [2.05, 4.69) is 48.5 Å². The molecule has 4 aromatic rings. The van der Waals surface area contributed by atoms with Crippen LogP contribution >= 0.6 is 23.1 Å². The molecule has 1 aliphatic rings. The molecule has 1 aromatic heterocycles. The number of nitrogens with zero attached hydrogens (tertiary/aromatic N) is 1. The van der Waals surface area contributed by atoms with Gasteiger partial charge in [-0.1, -0.05) is 84.6 Å². The zero-order chi connectivity index (χ0) is 21.9. The minimum atomic E-state index is -1.22. The molecule has 33 heavy (non-hydrogen) atoms. The van der Waals surface area contributed by atoms with Crippen LogP contribution in [0.2, 0.25) is 0 Å². The van der Waals surface area contributed by atoms with Crippen molar-refractivity contribution in [3.05, 3.63) is 100 Å². The van der Waals surface area contributed by atoms with Gasteiger partial charge in [-0.3, -0.25) is 0 Å². The summed E-state index contributed by atoms with van der Waals surface area (Å²) >= 11 is 3.52. The van der Waals surface area contributed by atoms with Crippen molar-refractivity contribution in [2.24, 2.45) is 0 Å². The number of thiazole rings is 1. The molecule has 1 aliphatic carbocycles. The summed E-state index contributed by atoms with van der Waals surface area (Å²) in [6.07, 6.45) is 1.67. The molecule has 0 unspecified atom stereocenters. The van der Waals surface area contributed by atoms with Gasteiger partial charge in [-0.05, 0) is 30.0 Å². The predicted octanol–water partition coefficient (Wildman–Crippen LogP) is 1.92. The maximum atomic E-state index is 10.8. The van der Waals surface area contributed by atoms with Crippen LogP contribution in [0, 0.1) is 0 Å². The van der Waals surface area contributed by atoms with Crippen LogP contribution in [0.25, 0.3) is 11.3 Å². The van der Waals surface area contributed by atoms with E-state index in [4.69, 9.17) is 9.72 Å². The summed E-state index contributed by atoms with van der Waals surface area (Å²) < 4.78 is 6.51. The second-order valence-electron chi connectivity index (χ2n) is 7.51. The van der Waals surface area contributed by atoms with Crippen LogP contribution in [-0.2, 0) is 17.6 Å². The fourth-order valence-electron chi connectivity index (χ4n) is 4.00. The molecule has 0 bridgehead atoms. The Balaban J connectivity index is 0.00000259. The van der Waals surface area contributed by atoms with E-state index in [0.717, 1.165) is 34.0 Å². The summed E-state index contributed by atoms with van der Waals surface area (Å²) in [7, 11) is 0. The zero-order valence-corrected chi connectivity index (χ0v) is 21.8. The summed E-state index contributed by atoms with van der Waals surface area (Å²) in [5.41, 5.74) is 5.52. The largest absolute Gasteiger partial charge is 1.00 e. The number of carboxylic acid groups (broad SMARTS) is 1. The van der Waals surface area contributed by atoms with E-state index in [0.29, 0.717) is 5.75 Å². The number of carbonyl (C=O) groups excluding carboxylic acids is 1. The summed E-state index contributed by atoms with van der Waals surface area (Å²) in [5.74, 6) is -0.620. The summed E-state index contributed by atoms with van der Waals surface area (Å²) in [4.78, 5) is 17.1. The normalized spacial score (nSPS) is 11.9. The van der Waals surface area contributed by atoms with Gasteiger partial charge in [0.05, 0.1) is 16.9 Å². The monoisotopic (exact) mass is 481 g/mol. The van der Waals surface area contributed by atoms with Gasteiger partial charge in [0.1, 0.15) is 12.4 Å². The van der Waals surface area contributed by atoms with Crippen molar-refractivity contribution < 1.29 is 44.2 Å². The number of aryl methyl sites for hydroxylation is 1. The summed E-state index contributed by atoms with van der Waals surface area (Å²) in [5, 5.41) is 11.0. The molecule has 4 nitrogen and oxygen atoms in total. The number of fused-ring (bicyclic) bond motifs is 3. The second kappa shape index (κ2) is 10.9. The smallest absolute Gasteiger partial charge is 0.546 e. The Morgan fingerprint density at radius 1 is 0.970 bits per heavy atom. The Hall–Kier alpha value is -2.09. The van der Waals surface area contributed by atoms with Crippen LogP contribution in [-0.4, -0.2) is 17.6 Å². The van der Waals surface area contributed by atoms with Gasteiger partial charge in [0, 0.05) is 16.0 Å². The molecule has 0 N–H and O–H groups in total. The van der Waals surface area contributed by atoms with Crippen molar-refractivity contribution in [1.29, 1.82) is 0 Å². The van der Waals surface area contributed by atoms with Gasteiger partial charge in [-0.15, -0.1) is 11.3 Å². The number of benzene rings is 3. The van der Waals surface area contributed by atoms with Gasteiger partial charge < -0.3 is 14.6 Å². The average molecular weight is 482 g/mol. The zero-order valence-electron chi connectivity index (χ0n) is 18.2. The maximum absolute atomic E-state index is 10.8. The molecule has 1 heterocycles. The van der Waals surface area contributed by atoms with E-state index in [-0.39, 0.29) is 34.8 Å². The molecule has 3 aromatic carbocycles. The molecule has 160 valence electrons. The van der Waals surface area contributed by atoms with Crippen LogP contribution in [0.15, 0.2) is 83.2 Å².